The van der Waals surface area contributed by atoms with Crippen LogP contribution in [0.25, 0.3) is 0 Å². The molecule has 0 aliphatic carbocycles. The maximum absolute atomic E-state index is 12.7. The molecule has 0 unspecified atom stereocenters. The predicted molar refractivity (Wildman–Crippen MR) is 80.8 cm³/mol. The van der Waals surface area contributed by atoms with Gasteiger partial charge in [0, 0.05) is 13.1 Å². The van der Waals surface area contributed by atoms with E-state index in [2.05, 4.69) is 5.32 Å². The molecule has 0 saturated heterocycles. The molecule has 1 amide bonds. The highest BCUT2D eigenvalue weighted by Gasteiger charge is 2.28. The molecule has 0 bridgehead atoms. The first-order valence-electron chi connectivity index (χ1n) is 6.78. The van der Waals surface area contributed by atoms with Crippen molar-refractivity contribution in [2.24, 2.45) is 0 Å². The Morgan fingerprint density at radius 3 is 2.52 bits per heavy atom. The predicted octanol–water partition coefficient (Wildman–Crippen LogP) is 1.15. The van der Waals surface area contributed by atoms with Gasteiger partial charge in [-0.2, -0.15) is 4.31 Å². The number of nitrogens with one attached hydrogen (secondary N) is 1. The van der Waals surface area contributed by atoms with E-state index in [-0.39, 0.29) is 29.6 Å². The first kappa shape index (κ1) is 17.5. The van der Waals surface area contributed by atoms with Crippen molar-refractivity contribution in [1.29, 1.82) is 0 Å². The van der Waals surface area contributed by atoms with Crippen molar-refractivity contribution in [2.45, 2.75) is 25.7 Å². The van der Waals surface area contributed by atoms with Crippen LogP contribution in [0.5, 0.6) is 5.75 Å². The van der Waals surface area contributed by atoms with Crippen LogP contribution in [-0.2, 0) is 14.8 Å². The van der Waals surface area contributed by atoms with E-state index in [0.29, 0.717) is 6.54 Å². The van der Waals surface area contributed by atoms with Crippen molar-refractivity contribution in [2.75, 3.05) is 26.7 Å². The zero-order valence-corrected chi connectivity index (χ0v) is 13.7. The van der Waals surface area contributed by atoms with Gasteiger partial charge in [-0.05, 0) is 31.5 Å². The van der Waals surface area contributed by atoms with Crippen molar-refractivity contribution in [3.05, 3.63) is 23.8 Å². The molecule has 118 valence electrons. The van der Waals surface area contributed by atoms with E-state index < -0.39 is 10.0 Å². The highest BCUT2D eigenvalue weighted by molar-refractivity contribution is 7.89. The Morgan fingerprint density at radius 1 is 1.33 bits per heavy atom. The molecule has 1 N–H and O–H groups in total. The summed E-state index contributed by atoms with van der Waals surface area (Å²) in [7, 11) is -2.36. The highest BCUT2D eigenvalue weighted by Crippen LogP contribution is 2.27. The Hall–Kier alpha value is -1.60. The van der Waals surface area contributed by atoms with E-state index in [1.54, 1.807) is 39.0 Å². The van der Waals surface area contributed by atoms with Gasteiger partial charge < -0.3 is 10.1 Å². The summed E-state index contributed by atoms with van der Waals surface area (Å²) in [5.74, 6) is -0.0514. The number of carbonyl (C=O) groups is 1. The maximum Gasteiger partial charge on any atom is 0.247 e. The third-order valence-electron chi connectivity index (χ3n) is 2.98. The average Bonchev–Trinajstić information content (AvgIpc) is 2.44. The van der Waals surface area contributed by atoms with E-state index in [9.17, 15) is 13.2 Å². The van der Waals surface area contributed by atoms with Crippen molar-refractivity contribution < 1.29 is 17.9 Å². The smallest absolute Gasteiger partial charge is 0.247 e. The van der Waals surface area contributed by atoms with Crippen LogP contribution in [0.1, 0.15) is 19.4 Å². The summed E-state index contributed by atoms with van der Waals surface area (Å²) in [5, 5.41) is 2.60. The summed E-state index contributed by atoms with van der Waals surface area (Å²) in [4.78, 5) is 11.7. The molecule has 0 aromatic heterocycles. The number of amides is 1. The number of ether oxygens (including phenoxy) is 1. The summed E-state index contributed by atoms with van der Waals surface area (Å²) in [6, 6.07) is 4.94. The van der Waals surface area contributed by atoms with Gasteiger partial charge in [-0.3, -0.25) is 4.79 Å². The fourth-order valence-electron chi connectivity index (χ4n) is 1.90. The lowest BCUT2D eigenvalue weighted by atomic mass is 10.2. The molecule has 1 rings (SSSR count). The van der Waals surface area contributed by atoms with E-state index in [1.165, 1.54) is 7.11 Å². The molecule has 0 radical (unpaired) electrons. The maximum atomic E-state index is 12.7. The lowest BCUT2D eigenvalue weighted by molar-refractivity contribution is -0.121. The van der Waals surface area contributed by atoms with E-state index in [0.717, 1.165) is 9.87 Å². The minimum absolute atomic E-state index is 0.0798. The molecule has 0 heterocycles. The summed E-state index contributed by atoms with van der Waals surface area (Å²) in [6.07, 6.45) is 0. The van der Waals surface area contributed by atoms with Crippen molar-refractivity contribution in [3.8, 4) is 5.75 Å². The fraction of sp³-hybridized carbons (Fsp3) is 0.500. The second-order valence-corrected chi connectivity index (χ2v) is 6.45. The van der Waals surface area contributed by atoms with Gasteiger partial charge in [0.15, 0.2) is 0 Å². The minimum atomic E-state index is -3.78. The van der Waals surface area contributed by atoms with Gasteiger partial charge in [-0.25, -0.2) is 8.42 Å². The molecule has 1 aromatic rings. The Balaban J connectivity index is 3.18. The third-order valence-corrected chi connectivity index (χ3v) is 4.93. The van der Waals surface area contributed by atoms with Crippen LogP contribution in [0.15, 0.2) is 23.1 Å². The number of rotatable bonds is 7. The second-order valence-electron chi connectivity index (χ2n) is 4.54. The van der Waals surface area contributed by atoms with Gasteiger partial charge in [0.05, 0.1) is 13.7 Å². The Labute approximate surface area is 126 Å². The second kappa shape index (κ2) is 7.42. The number of methoxy groups -OCH3 is 1. The Morgan fingerprint density at radius 2 is 2.00 bits per heavy atom. The van der Waals surface area contributed by atoms with E-state index >= 15 is 0 Å². The lowest BCUT2D eigenvalue weighted by Crippen LogP contribution is -2.40. The number of aryl methyl sites for hydroxylation is 1. The number of hydrogen-bond acceptors (Lipinski definition) is 4. The van der Waals surface area contributed by atoms with Gasteiger partial charge in [-0.1, -0.05) is 13.0 Å². The molecule has 6 nitrogen and oxygen atoms in total. The topological polar surface area (TPSA) is 75.7 Å². The molecular formula is C14H22N2O4S. The summed E-state index contributed by atoms with van der Waals surface area (Å²) < 4.78 is 31.7. The summed E-state index contributed by atoms with van der Waals surface area (Å²) in [6.45, 7) is 5.74. The third kappa shape index (κ3) is 4.18. The normalized spacial score (nSPS) is 11.5. The zero-order valence-electron chi connectivity index (χ0n) is 12.8. The first-order chi connectivity index (χ1) is 9.86. The molecule has 0 fully saturated rings. The standard InChI is InChI=1S/C14H22N2O4S/c1-5-15-14(17)10-16(6-2)21(18,19)13-9-11(3)7-8-12(13)20-4/h7-9H,5-6,10H2,1-4H3,(H,15,17). The molecule has 0 aliphatic rings. The van der Waals surface area contributed by atoms with E-state index in [1.807, 2.05) is 0 Å². The van der Waals surface area contributed by atoms with Crippen LogP contribution in [0, 0.1) is 6.92 Å². The SMILES string of the molecule is CCNC(=O)CN(CC)S(=O)(=O)c1cc(C)ccc1OC. The van der Waals surface area contributed by atoms with Crippen LogP contribution in [0.2, 0.25) is 0 Å². The number of sulfonamides is 1. The van der Waals surface area contributed by atoms with Crippen LogP contribution in [0.4, 0.5) is 0 Å². The monoisotopic (exact) mass is 314 g/mol. The largest absolute Gasteiger partial charge is 0.495 e. The quantitative estimate of drug-likeness (QED) is 0.819. The van der Waals surface area contributed by atoms with Crippen LogP contribution >= 0.6 is 0 Å². The molecule has 0 saturated carbocycles. The molecule has 0 spiro atoms. The van der Waals surface area contributed by atoms with Crippen molar-refractivity contribution in [1.82, 2.24) is 9.62 Å². The minimum Gasteiger partial charge on any atom is -0.495 e. The van der Waals surface area contributed by atoms with Gasteiger partial charge >= 0.3 is 0 Å². The van der Waals surface area contributed by atoms with Gasteiger partial charge in [-0.15, -0.1) is 0 Å². The average molecular weight is 314 g/mol. The zero-order chi connectivity index (χ0) is 16.0. The molecule has 7 heteroatoms. The van der Waals surface area contributed by atoms with Crippen LogP contribution < -0.4 is 10.1 Å². The first-order valence-corrected chi connectivity index (χ1v) is 8.22. The van der Waals surface area contributed by atoms with E-state index in [4.69, 9.17) is 4.74 Å². The molecular weight excluding hydrogens is 292 g/mol. The number of hydrogen-bond donors (Lipinski definition) is 1. The van der Waals surface area contributed by atoms with Crippen molar-refractivity contribution in [3.63, 3.8) is 0 Å². The molecule has 0 aliphatic heterocycles. The van der Waals surface area contributed by atoms with Crippen LogP contribution in [0.3, 0.4) is 0 Å². The number of benzene rings is 1. The highest BCUT2D eigenvalue weighted by atomic mass is 32.2. The molecule has 0 atom stereocenters. The van der Waals surface area contributed by atoms with Gasteiger partial charge in [0.25, 0.3) is 0 Å². The summed E-state index contributed by atoms with van der Waals surface area (Å²) >= 11 is 0. The molecule has 1 aromatic carbocycles. The van der Waals surface area contributed by atoms with Crippen molar-refractivity contribution >= 4 is 15.9 Å². The fourth-order valence-corrected chi connectivity index (χ4v) is 3.55. The van der Waals surface area contributed by atoms with Gasteiger partial charge in [0.1, 0.15) is 10.6 Å². The summed E-state index contributed by atoms with van der Waals surface area (Å²) in [5.41, 5.74) is 0.809. The Kier molecular flexibility index (Phi) is 6.17. The number of carbonyl (C=O) groups excluding carboxylic acids is 1. The number of likely N-dealkylation sites (N-methyl/N-ethyl adjacent to an activating group) is 2. The Bertz CT molecular complexity index is 599. The van der Waals surface area contributed by atoms with Gasteiger partial charge in [0.2, 0.25) is 15.9 Å². The lowest BCUT2D eigenvalue weighted by Gasteiger charge is -2.21. The van der Waals surface area contributed by atoms with Crippen LogP contribution in [-0.4, -0.2) is 45.4 Å². The number of nitrogens with zero attached hydrogens (tertiary/aromatic N) is 1. The molecule has 21 heavy (non-hydrogen) atoms.